The first kappa shape index (κ1) is 33.9. The fourth-order valence-electron chi connectivity index (χ4n) is 8.96. The molecule has 3 heterocycles. The predicted molar refractivity (Wildman–Crippen MR) is 248 cm³/mol. The third-order valence-corrected chi connectivity index (χ3v) is 11.8. The summed E-state index contributed by atoms with van der Waals surface area (Å²) in [6.07, 6.45) is 0. The van der Waals surface area contributed by atoms with Crippen LogP contribution in [0.4, 0.5) is 0 Å². The third-order valence-electron chi connectivity index (χ3n) is 11.8. The zero-order valence-electron chi connectivity index (χ0n) is 32.4. The van der Waals surface area contributed by atoms with Crippen molar-refractivity contribution in [3.05, 3.63) is 212 Å². The van der Waals surface area contributed by atoms with Crippen LogP contribution >= 0.6 is 0 Å². The summed E-state index contributed by atoms with van der Waals surface area (Å²) in [6, 6.07) is 75.1. The standard InChI is InChI=1S/C55H35N5/c1-2-15-36(16-3-1)41-31-32-46-45-23-8-12-27-50(45)60(52(46)35-41)55-57-53(42-20-14-19-39(34-42)40-30-29-37-17-4-5-18-38(37)33-40)56-54(58-55)47-24-9-13-28-51(47)59-48-25-10-6-21-43(48)44-22-7-11-26-49(44)59/h1-35H. The van der Waals surface area contributed by atoms with Crippen LogP contribution < -0.4 is 0 Å². The molecule has 9 aromatic carbocycles. The Morgan fingerprint density at radius 3 is 1.58 bits per heavy atom. The van der Waals surface area contributed by atoms with Crippen LogP contribution in [0.15, 0.2) is 212 Å². The second-order valence-corrected chi connectivity index (χ2v) is 15.3. The van der Waals surface area contributed by atoms with Crippen molar-refractivity contribution in [1.29, 1.82) is 0 Å². The Kier molecular flexibility index (Phi) is 7.78. The molecule has 0 saturated heterocycles. The normalized spacial score (nSPS) is 11.7. The van der Waals surface area contributed by atoms with Gasteiger partial charge in [-0.05, 0) is 81.6 Å². The SMILES string of the molecule is c1ccc(-c2ccc3c4ccccc4n(-c4nc(-c5cccc(-c6ccc7ccccc7c6)c5)nc(-c5ccccc5-n5c6ccccc6c6ccccc65)n4)c3c2)cc1. The molecule has 0 atom stereocenters. The van der Waals surface area contributed by atoms with E-state index in [9.17, 15) is 0 Å². The summed E-state index contributed by atoms with van der Waals surface area (Å²) in [4.78, 5) is 16.2. The smallest absolute Gasteiger partial charge is 0.238 e. The maximum Gasteiger partial charge on any atom is 0.238 e. The average Bonchev–Trinajstić information content (AvgIpc) is 3.84. The quantitative estimate of drug-likeness (QED) is 0.169. The van der Waals surface area contributed by atoms with E-state index in [1.807, 2.05) is 0 Å². The number of benzene rings is 9. The largest absolute Gasteiger partial charge is 0.309 e. The molecule has 5 heteroatoms. The molecule has 3 aromatic heterocycles. The maximum atomic E-state index is 5.45. The lowest BCUT2D eigenvalue weighted by atomic mass is 9.99. The summed E-state index contributed by atoms with van der Waals surface area (Å²) in [7, 11) is 0. The van der Waals surface area contributed by atoms with Gasteiger partial charge in [0.2, 0.25) is 5.95 Å². The predicted octanol–water partition coefficient (Wildman–Crippen LogP) is 13.9. The van der Waals surface area contributed by atoms with E-state index in [1.165, 1.54) is 21.5 Å². The van der Waals surface area contributed by atoms with E-state index < -0.39 is 0 Å². The lowest BCUT2D eigenvalue weighted by Crippen LogP contribution is -2.08. The van der Waals surface area contributed by atoms with Crippen LogP contribution in [0.25, 0.3) is 111 Å². The third kappa shape index (κ3) is 5.52. The molecule has 0 saturated carbocycles. The van der Waals surface area contributed by atoms with Crippen LogP contribution in [-0.2, 0) is 0 Å². The molecule has 0 spiro atoms. The van der Waals surface area contributed by atoms with Crippen LogP contribution in [0.5, 0.6) is 0 Å². The molecule has 12 rings (SSSR count). The van der Waals surface area contributed by atoms with Gasteiger partial charge < -0.3 is 4.57 Å². The van der Waals surface area contributed by atoms with E-state index in [4.69, 9.17) is 15.0 Å². The van der Waals surface area contributed by atoms with Crippen molar-refractivity contribution in [2.45, 2.75) is 0 Å². The second kappa shape index (κ2) is 13.8. The van der Waals surface area contributed by atoms with Crippen LogP contribution in [0.1, 0.15) is 0 Å². The number of para-hydroxylation sites is 4. The van der Waals surface area contributed by atoms with Crippen molar-refractivity contribution in [1.82, 2.24) is 24.1 Å². The number of fused-ring (bicyclic) bond motifs is 7. The molecule has 12 aromatic rings. The number of rotatable bonds is 6. The lowest BCUT2D eigenvalue weighted by molar-refractivity contribution is 0.952. The zero-order valence-corrected chi connectivity index (χ0v) is 32.4. The molecule has 0 unspecified atom stereocenters. The first-order chi connectivity index (χ1) is 29.7. The topological polar surface area (TPSA) is 48.5 Å². The molecule has 0 aliphatic rings. The summed E-state index contributed by atoms with van der Waals surface area (Å²) in [6.45, 7) is 0. The highest BCUT2D eigenvalue weighted by Gasteiger charge is 2.21. The Balaban J connectivity index is 1.13. The van der Waals surface area contributed by atoms with Gasteiger partial charge >= 0.3 is 0 Å². The molecular formula is C55H35N5. The Bertz CT molecular complexity index is 3560. The Morgan fingerprint density at radius 2 is 0.817 bits per heavy atom. The average molecular weight is 766 g/mol. The molecule has 0 fully saturated rings. The van der Waals surface area contributed by atoms with Gasteiger partial charge in [0, 0.05) is 32.7 Å². The summed E-state index contributed by atoms with van der Waals surface area (Å²) >= 11 is 0. The van der Waals surface area contributed by atoms with Gasteiger partial charge in [-0.25, -0.2) is 4.98 Å². The summed E-state index contributed by atoms with van der Waals surface area (Å²) < 4.78 is 4.55. The molecule has 0 bridgehead atoms. The van der Waals surface area contributed by atoms with Crippen molar-refractivity contribution in [3.63, 3.8) is 0 Å². The van der Waals surface area contributed by atoms with Gasteiger partial charge in [0.1, 0.15) is 0 Å². The van der Waals surface area contributed by atoms with Crippen LogP contribution in [0.2, 0.25) is 0 Å². The van der Waals surface area contributed by atoms with E-state index in [2.05, 4.69) is 221 Å². The highest BCUT2D eigenvalue weighted by Crippen LogP contribution is 2.38. The molecule has 0 radical (unpaired) electrons. The van der Waals surface area contributed by atoms with E-state index in [0.29, 0.717) is 17.6 Å². The Hall–Kier alpha value is -8.15. The molecule has 280 valence electrons. The number of hydrogen-bond donors (Lipinski definition) is 0. The first-order valence-electron chi connectivity index (χ1n) is 20.3. The molecule has 5 nitrogen and oxygen atoms in total. The molecule has 0 amide bonds. The Morgan fingerprint density at radius 1 is 0.283 bits per heavy atom. The minimum atomic E-state index is 0.555. The van der Waals surface area contributed by atoms with Gasteiger partial charge in [-0.3, -0.25) is 4.57 Å². The highest BCUT2D eigenvalue weighted by atomic mass is 15.2. The van der Waals surface area contributed by atoms with E-state index >= 15 is 0 Å². The van der Waals surface area contributed by atoms with Gasteiger partial charge in [-0.15, -0.1) is 0 Å². The van der Waals surface area contributed by atoms with E-state index in [1.54, 1.807) is 0 Å². The van der Waals surface area contributed by atoms with Crippen molar-refractivity contribution >= 4 is 54.4 Å². The van der Waals surface area contributed by atoms with Crippen molar-refractivity contribution < 1.29 is 0 Å². The number of nitrogens with zero attached hydrogens (tertiary/aromatic N) is 5. The number of aromatic nitrogens is 5. The van der Waals surface area contributed by atoms with Crippen molar-refractivity contribution in [2.75, 3.05) is 0 Å². The Labute approximate surface area is 346 Å². The molecule has 0 aliphatic heterocycles. The fourth-order valence-corrected chi connectivity index (χ4v) is 8.96. The minimum Gasteiger partial charge on any atom is -0.309 e. The van der Waals surface area contributed by atoms with E-state index in [-0.39, 0.29) is 0 Å². The monoisotopic (exact) mass is 765 g/mol. The van der Waals surface area contributed by atoms with Crippen LogP contribution in [-0.4, -0.2) is 24.1 Å². The second-order valence-electron chi connectivity index (χ2n) is 15.3. The summed E-state index contributed by atoms with van der Waals surface area (Å²) in [5, 5.41) is 7.09. The molecular weight excluding hydrogens is 731 g/mol. The van der Waals surface area contributed by atoms with Gasteiger partial charge in [0.15, 0.2) is 11.6 Å². The summed E-state index contributed by atoms with van der Waals surface area (Å²) in [5.74, 6) is 1.74. The molecule has 0 aliphatic carbocycles. The maximum absolute atomic E-state index is 5.45. The van der Waals surface area contributed by atoms with Crippen LogP contribution in [0.3, 0.4) is 0 Å². The van der Waals surface area contributed by atoms with Crippen molar-refractivity contribution in [2.24, 2.45) is 0 Å². The molecule has 60 heavy (non-hydrogen) atoms. The fraction of sp³-hybridized carbons (Fsp3) is 0. The van der Waals surface area contributed by atoms with Gasteiger partial charge in [0.25, 0.3) is 0 Å². The van der Waals surface area contributed by atoms with Crippen molar-refractivity contribution in [3.8, 4) is 56.7 Å². The lowest BCUT2D eigenvalue weighted by Gasteiger charge is -2.15. The van der Waals surface area contributed by atoms with E-state index in [0.717, 1.165) is 71.9 Å². The minimum absolute atomic E-state index is 0.555. The van der Waals surface area contributed by atoms with Gasteiger partial charge in [-0.1, -0.05) is 164 Å². The van der Waals surface area contributed by atoms with Crippen LogP contribution in [0, 0.1) is 0 Å². The summed E-state index contributed by atoms with van der Waals surface area (Å²) in [5.41, 5.74) is 11.6. The van der Waals surface area contributed by atoms with Gasteiger partial charge in [-0.2, -0.15) is 9.97 Å². The molecule has 0 N–H and O–H groups in total. The highest BCUT2D eigenvalue weighted by molar-refractivity contribution is 6.11. The number of hydrogen-bond acceptors (Lipinski definition) is 3. The first-order valence-corrected chi connectivity index (χ1v) is 20.3. The zero-order chi connectivity index (χ0) is 39.6. The van der Waals surface area contributed by atoms with Gasteiger partial charge in [0.05, 0.1) is 27.8 Å².